The van der Waals surface area contributed by atoms with Crippen LogP contribution in [0, 0.1) is 5.82 Å². The lowest BCUT2D eigenvalue weighted by Crippen LogP contribution is -2.30. The van der Waals surface area contributed by atoms with Crippen molar-refractivity contribution in [3.8, 4) is 0 Å². The van der Waals surface area contributed by atoms with Crippen molar-refractivity contribution in [3.63, 3.8) is 0 Å². The molecule has 0 spiro atoms. The summed E-state index contributed by atoms with van der Waals surface area (Å²) in [7, 11) is 0. The van der Waals surface area contributed by atoms with Crippen molar-refractivity contribution in [2.75, 3.05) is 11.4 Å². The fraction of sp³-hybridized carbons (Fsp3) is 0.333. The molecule has 1 aromatic carbocycles. The van der Waals surface area contributed by atoms with Crippen LogP contribution < -0.4 is 4.90 Å². The summed E-state index contributed by atoms with van der Waals surface area (Å²) >= 11 is 3.20. The Balaban J connectivity index is 2.48. The largest absolute Gasteiger partial charge is 0.304 e. The highest BCUT2D eigenvalue weighted by molar-refractivity contribution is 9.10. The van der Waals surface area contributed by atoms with Crippen LogP contribution in [0.25, 0.3) is 0 Å². The summed E-state index contributed by atoms with van der Waals surface area (Å²) in [6.45, 7) is 2.49. The Labute approximate surface area is 107 Å². The zero-order valence-corrected chi connectivity index (χ0v) is 10.9. The molecule has 0 aromatic heterocycles. The molecule has 0 N–H and O–H groups in total. The molecule has 0 radical (unpaired) electrons. The SMILES string of the molecule is CCCCN1C(=O)C(=O)c2cc(F)cc(Br)c21. The minimum absolute atomic E-state index is 0.151. The highest BCUT2D eigenvalue weighted by Gasteiger charge is 2.37. The minimum atomic E-state index is -0.628. The molecule has 3 nitrogen and oxygen atoms in total. The number of anilines is 1. The van der Waals surface area contributed by atoms with Gasteiger partial charge in [0.05, 0.1) is 11.3 Å². The molecule has 0 unspecified atom stereocenters. The minimum Gasteiger partial charge on any atom is -0.304 e. The van der Waals surface area contributed by atoms with Crippen LogP contribution in [0.2, 0.25) is 0 Å². The second-order valence-corrected chi connectivity index (χ2v) is 4.78. The van der Waals surface area contributed by atoms with E-state index >= 15 is 0 Å². The second kappa shape index (κ2) is 4.56. The first-order chi connectivity index (χ1) is 8.06. The number of ketones is 1. The van der Waals surface area contributed by atoms with Gasteiger partial charge >= 0.3 is 0 Å². The summed E-state index contributed by atoms with van der Waals surface area (Å²) in [5, 5.41) is 0. The van der Waals surface area contributed by atoms with Crippen LogP contribution in [0.5, 0.6) is 0 Å². The van der Waals surface area contributed by atoms with Crippen molar-refractivity contribution in [1.82, 2.24) is 0 Å². The molecule has 2 rings (SSSR count). The maximum Gasteiger partial charge on any atom is 0.299 e. The van der Waals surface area contributed by atoms with Gasteiger partial charge in [0, 0.05) is 11.0 Å². The highest BCUT2D eigenvalue weighted by Crippen LogP contribution is 2.36. The number of benzene rings is 1. The van der Waals surface area contributed by atoms with Gasteiger partial charge in [0.25, 0.3) is 11.7 Å². The quantitative estimate of drug-likeness (QED) is 0.805. The number of carbonyl (C=O) groups excluding carboxylic acids is 2. The van der Waals surface area contributed by atoms with Gasteiger partial charge in [0.2, 0.25) is 0 Å². The van der Waals surface area contributed by atoms with Gasteiger partial charge in [-0.05, 0) is 34.5 Å². The van der Waals surface area contributed by atoms with E-state index in [1.807, 2.05) is 6.92 Å². The van der Waals surface area contributed by atoms with E-state index in [1.165, 1.54) is 11.0 Å². The van der Waals surface area contributed by atoms with E-state index in [2.05, 4.69) is 15.9 Å². The summed E-state index contributed by atoms with van der Waals surface area (Å²) in [6, 6.07) is 2.38. The first-order valence-electron chi connectivity index (χ1n) is 5.41. The number of Topliss-reactive ketones (excluding diaryl/α,β-unsaturated/α-hetero) is 1. The molecule has 0 bridgehead atoms. The third-order valence-electron chi connectivity index (χ3n) is 2.72. The average Bonchev–Trinajstić information content (AvgIpc) is 2.51. The first kappa shape index (κ1) is 12.2. The van der Waals surface area contributed by atoms with E-state index in [1.54, 1.807) is 0 Å². The first-order valence-corrected chi connectivity index (χ1v) is 6.20. The molecule has 0 aliphatic carbocycles. The van der Waals surface area contributed by atoms with Crippen LogP contribution in [0.15, 0.2) is 16.6 Å². The topological polar surface area (TPSA) is 37.4 Å². The molecular weight excluding hydrogens is 289 g/mol. The fourth-order valence-electron chi connectivity index (χ4n) is 1.88. The number of nitrogens with zero attached hydrogens (tertiary/aromatic N) is 1. The van der Waals surface area contributed by atoms with Crippen molar-refractivity contribution >= 4 is 33.3 Å². The van der Waals surface area contributed by atoms with Crippen molar-refractivity contribution < 1.29 is 14.0 Å². The van der Waals surface area contributed by atoms with Crippen molar-refractivity contribution in [1.29, 1.82) is 0 Å². The Hall–Kier alpha value is -1.23. The number of rotatable bonds is 3. The van der Waals surface area contributed by atoms with Crippen LogP contribution in [0.3, 0.4) is 0 Å². The molecule has 0 saturated heterocycles. The lowest BCUT2D eigenvalue weighted by Gasteiger charge is -2.17. The van der Waals surface area contributed by atoms with Gasteiger partial charge in [-0.1, -0.05) is 13.3 Å². The molecule has 0 saturated carbocycles. The Morgan fingerprint density at radius 3 is 2.71 bits per heavy atom. The molecular formula is C12H11BrFNO2. The Morgan fingerprint density at radius 2 is 2.06 bits per heavy atom. The van der Waals surface area contributed by atoms with E-state index in [-0.39, 0.29) is 5.56 Å². The van der Waals surface area contributed by atoms with E-state index in [0.29, 0.717) is 16.7 Å². The van der Waals surface area contributed by atoms with Gasteiger partial charge < -0.3 is 4.90 Å². The summed E-state index contributed by atoms with van der Waals surface area (Å²) < 4.78 is 13.6. The van der Waals surface area contributed by atoms with Crippen LogP contribution in [0.4, 0.5) is 10.1 Å². The fourth-order valence-corrected chi connectivity index (χ4v) is 2.53. The molecule has 1 aliphatic heterocycles. The van der Waals surface area contributed by atoms with Gasteiger partial charge in [-0.3, -0.25) is 9.59 Å². The molecule has 0 atom stereocenters. The Bertz CT molecular complexity index is 502. The van der Waals surface area contributed by atoms with Gasteiger partial charge in [-0.15, -0.1) is 0 Å². The molecule has 17 heavy (non-hydrogen) atoms. The number of amides is 1. The smallest absolute Gasteiger partial charge is 0.299 e. The number of unbranched alkanes of at least 4 members (excludes halogenated alkanes) is 1. The number of carbonyl (C=O) groups is 2. The number of fused-ring (bicyclic) bond motifs is 1. The molecule has 1 amide bonds. The molecule has 1 heterocycles. The summed E-state index contributed by atoms with van der Waals surface area (Å²) in [5.41, 5.74) is 0.646. The number of hydrogen-bond donors (Lipinski definition) is 0. The Morgan fingerprint density at radius 1 is 1.35 bits per heavy atom. The normalized spacial score (nSPS) is 14.4. The molecule has 0 fully saturated rings. The molecule has 1 aromatic rings. The maximum absolute atomic E-state index is 13.2. The lowest BCUT2D eigenvalue weighted by molar-refractivity contribution is -0.114. The van der Waals surface area contributed by atoms with Crippen molar-refractivity contribution in [3.05, 3.63) is 28.0 Å². The number of halogens is 2. The summed E-state index contributed by atoms with van der Waals surface area (Å²) in [5.74, 6) is -1.72. The van der Waals surface area contributed by atoms with Crippen molar-refractivity contribution in [2.24, 2.45) is 0 Å². The van der Waals surface area contributed by atoms with Crippen LogP contribution in [0.1, 0.15) is 30.1 Å². The predicted molar refractivity (Wildman–Crippen MR) is 65.7 cm³/mol. The molecule has 5 heteroatoms. The van der Waals surface area contributed by atoms with Gasteiger partial charge in [0.1, 0.15) is 5.82 Å². The predicted octanol–water partition coefficient (Wildman–Crippen LogP) is 2.92. The maximum atomic E-state index is 13.2. The van der Waals surface area contributed by atoms with Crippen LogP contribution >= 0.6 is 15.9 Å². The van der Waals surface area contributed by atoms with Gasteiger partial charge in [0.15, 0.2) is 0 Å². The van der Waals surface area contributed by atoms with Crippen LogP contribution in [-0.2, 0) is 4.79 Å². The Kier molecular flexibility index (Phi) is 3.28. The monoisotopic (exact) mass is 299 g/mol. The standard InChI is InChI=1S/C12H11BrFNO2/c1-2-3-4-15-10-8(11(16)12(15)17)5-7(14)6-9(10)13/h5-6H,2-4H2,1H3. The zero-order chi connectivity index (χ0) is 12.6. The van der Waals surface area contributed by atoms with Crippen molar-refractivity contribution in [2.45, 2.75) is 19.8 Å². The van der Waals surface area contributed by atoms with E-state index in [9.17, 15) is 14.0 Å². The van der Waals surface area contributed by atoms with E-state index in [0.717, 1.165) is 18.9 Å². The van der Waals surface area contributed by atoms with E-state index < -0.39 is 17.5 Å². The highest BCUT2D eigenvalue weighted by atomic mass is 79.9. The lowest BCUT2D eigenvalue weighted by atomic mass is 10.1. The molecule has 1 aliphatic rings. The van der Waals surface area contributed by atoms with Crippen LogP contribution in [-0.4, -0.2) is 18.2 Å². The third kappa shape index (κ3) is 1.99. The summed E-state index contributed by atoms with van der Waals surface area (Å²) in [6.07, 6.45) is 1.73. The third-order valence-corrected chi connectivity index (χ3v) is 3.32. The molecule has 90 valence electrons. The summed E-state index contributed by atoms with van der Waals surface area (Å²) in [4.78, 5) is 24.9. The van der Waals surface area contributed by atoms with E-state index in [4.69, 9.17) is 0 Å². The average molecular weight is 300 g/mol. The second-order valence-electron chi connectivity index (χ2n) is 3.92. The number of hydrogen-bond acceptors (Lipinski definition) is 2. The zero-order valence-electron chi connectivity index (χ0n) is 9.30. The van der Waals surface area contributed by atoms with Gasteiger partial charge in [-0.25, -0.2) is 4.39 Å². The van der Waals surface area contributed by atoms with Gasteiger partial charge in [-0.2, -0.15) is 0 Å².